The minimum absolute atomic E-state index is 0.332. The van der Waals surface area contributed by atoms with E-state index in [0.717, 1.165) is 25.7 Å². The summed E-state index contributed by atoms with van der Waals surface area (Å²) in [5.74, 6) is -1.88. The lowest BCUT2D eigenvalue weighted by atomic mass is 10.2. The molecule has 192 valence electrons. The Bertz CT molecular complexity index is 987. The molecule has 0 aromatic heterocycles. The van der Waals surface area contributed by atoms with Crippen LogP contribution in [0.3, 0.4) is 0 Å². The molecule has 2 aromatic rings. The van der Waals surface area contributed by atoms with E-state index in [1.807, 2.05) is 24.3 Å². The van der Waals surface area contributed by atoms with E-state index in [4.69, 9.17) is 19.6 Å². The van der Waals surface area contributed by atoms with Gasteiger partial charge in [0.1, 0.15) is 0 Å². The van der Waals surface area contributed by atoms with E-state index in [2.05, 4.69) is 46.4 Å². The van der Waals surface area contributed by atoms with Crippen LogP contribution in [0.2, 0.25) is 0 Å². The van der Waals surface area contributed by atoms with Crippen LogP contribution in [-0.4, -0.2) is 31.0 Å². The molecule has 0 N–H and O–H groups in total. The van der Waals surface area contributed by atoms with Gasteiger partial charge in [0.15, 0.2) is 0 Å². The highest BCUT2D eigenvalue weighted by Gasteiger charge is 2.14. The van der Waals surface area contributed by atoms with Crippen LogP contribution < -0.4 is 10.4 Å². The van der Waals surface area contributed by atoms with E-state index in [0.29, 0.717) is 11.1 Å². The second-order valence-electron chi connectivity index (χ2n) is 8.28. The van der Waals surface area contributed by atoms with Crippen molar-refractivity contribution in [1.29, 1.82) is 0 Å². The molecular formula is C28H36O6Si2. The first kappa shape index (κ1) is 28.9. The lowest BCUT2D eigenvalue weighted by molar-refractivity contribution is -0.317. The van der Waals surface area contributed by atoms with E-state index >= 15 is 0 Å². The van der Waals surface area contributed by atoms with Crippen molar-refractivity contribution >= 4 is 41.4 Å². The number of carbonyl (C=O) groups excluding carboxylic acids is 2. The van der Waals surface area contributed by atoms with Crippen LogP contribution in [0.4, 0.5) is 0 Å². The average molecular weight is 525 g/mol. The van der Waals surface area contributed by atoms with Crippen molar-refractivity contribution in [2.75, 3.05) is 0 Å². The maximum Gasteiger partial charge on any atom is 0.386 e. The Balaban J connectivity index is 1.79. The van der Waals surface area contributed by atoms with Gasteiger partial charge in [0.2, 0.25) is 0 Å². The summed E-state index contributed by atoms with van der Waals surface area (Å²) < 4.78 is 0. The van der Waals surface area contributed by atoms with Crippen molar-refractivity contribution in [2.45, 2.75) is 53.4 Å². The van der Waals surface area contributed by atoms with Crippen LogP contribution in [0.1, 0.15) is 74.1 Å². The summed E-state index contributed by atoms with van der Waals surface area (Å²) in [7, 11) is -1.05. The molecule has 6 nitrogen and oxygen atoms in total. The zero-order valence-corrected chi connectivity index (χ0v) is 24.5. The first-order chi connectivity index (χ1) is 17.4. The highest BCUT2D eigenvalue weighted by molar-refractivity contribution is 6.61. The van der Waals surface area contributed by atoms with Crippen LogP contribution in [-0.2, 0) is 19.6 Å². The molecule has 0 heterocycles. The van der Waals surface area contributed by atoms with Gasteiger partial charge in [-0.1, -0.05) is 84.9 Å². The third-order valence-electron chi connectivity index (χ3n) is 5.56. The standard InChI is InChI=1S/C28H36O6Si2/c1-6-10-23(8-3)35-25-16-12-21(13-17-25)27(29)33-31-20(5)32-34-28(30)22-14-18-26(19-15-22)36-24(9-4)11-7-2/h10-19H,5-9,35-36H2,1-4H3. The number of rotatable bonds is 14. The average Bonchev–Trinajstić information content (AvgIpc) is 2.90. The number of hydrogen-bond donors (Lipinski definition) is 0. The molecule has 0 unspecified atom stereocenters. The predicted octanol–water partition coefficient (Wildman–Crippen LogP) is 4.03. The Kier molecular flexibility index (Phi) is 12.5. The second kappa shape index (κ2) is 15.6. The Morgan fingerprint density at radius 2 is 1.03 bits per heavy atom. The maximum absolute atomic E-state index is 12.2. The second-order valence-corrected chi connectivity index (χ2v) is 12.4. The van der Waals surface area contributed by atoms with E-state index in [-0.39, 0.29) is 0 Å². The number of hydrogen-bond acceptors (Lipinski definition) is 6. The molecule has 0 atom stereocenters. The zero-order valence-electron chi connectivity index (χ0n) is 21.7. The molecule has 0 aliphatic rings. The van der Waals surface area contributed by atoms with Crippen molar-refractivity contribution in [2.24, 2.45) is 0 Å². The number of carbonyl (C=O) groups is 2. The van der Waals surface area contributed by atoms with Crippen molar-refractivity contribution in [1.82, 2.24) is 0 Å². The van der Waals surface area contributed by atoms with Crippen molar-refractivity contribution in [3.63, 3.8) is 0 Å². The van der Waals surface area contributed by atoms with Crippen molar-refractivity contribution in [3.8, 4) is 0 Å². The third-order valence-corrected chi connectivity index (χ3v) is 9.80. The summed E-state index contributed by atoms with van der Waals surface area (Å²) in [6.45, 7) is 12.0. The molecule has 2 rings (SSSR count). The number of benzene rings is 2. The lowest BCUT2D eigenvalue weighted by Crippen LogP contribution is -2.17. The van der Waals surface area contributed by atoms with Gasteiger partial charge in [0.05, 0.1) is 30.2 Å². The summed E-state index contributed by atoms with van der Waals surface area (Å²) in [4.78, 5) is 43.4. The summed E-state index contributed by atoms with van der Waals surface area (Å²) in [6, 6.07) is 14.5. The molecule has 0 spiro atoms. The molecule has 0 aliphatic carbocycles. The Morgan fingerprint density at radius 1 is 0.667 bits per heavy atom. The van der Waals surface area contributed by atoms with Gasteiger partial charge in [-0.15, -0.1) is 0 Å². The fourth-order valence-electron chi connectivity index (χ4n) is 3.58. The summed E-state index contributed by atoms with van der Waals surface area (Å²) >= 11 is 0. The Morgan fingerprint density at radius 3 is 1.33 bits per heavy atom. The van der Waals surface area contributed by atoms with Gasteiger partial charge in [0.25, 0.3) is 0 Å². The van der Waals surface area contributed by atoms with Crippen molar-refractivity contribution in [3.05, 3.63) is 94.7 Å². The molecule has 0 saturated heterocycles. The highest BCUT2D eigenvalue weighted by Crippen LogP contribution is 2.08. The largest absolute Gasteiger partial charge is 0.386 e. The molecule has 0 fully saturated rings. The minimum Gasteiger partial charge on any atom is -0.243 e. The van der Waals surface area contributed by atoms with Gasteiger partial charge >= 0.3 is 17.9 Å². The molecule has 2 aromatic carbocycles. The smallest absolute Gasteiger partial charge is 0.243 e. The molecule has 0 bridgehead atoms. The van der Waals surface area contributed by atoms with Gasteiger partial charge in [-0.3, -0.25) is 0 Å². The van der Waals surface area contributed by atoms with Crippen LogP contribution in [0, 0.1) is 0 Å². The zero-order chi connectivity index (χ0) is 26.3. The SMILES string of the molecule is C=C(OOC(=O)c1ccc([SiH2]C(=CCC)CC)cc1)OOC(=O)c1ccc([SiH2]C(=CCC)CC)cc1. The first-order valence-corrected chi connectivity index (χ1v) is 15.2. The molecule has 0 aliphatic heterocycles. The van der Waals surface area contributed by atoms with Gasteiger partial charge in [-0.2, -0.15) is 0 Å². The van der Waals surface area contributed by atoms with Crippen LogP contribution in [0.15, 0.2) is 83.6 Å². The van der Waals surface area contributed by atoms with Crippen LogP contribution in [0.5, 0.6) is 0 Å². The van der Waals surface area contributed by atoms with E-state index in [1.54, 1.807) is 24.3 Å². The first-order valence-electron chi connectivity index (χ1n) is 12.4. The van der Waals surface area contributed by atoms with Gasteiger partial charge in [0, 0.05) is 0 Å². The minimum atomic E-state index is -0.706. The fourth-order valence-corrected chi connectivity index (χ4v) is 6.94. The van der Waals surface area contributed by atoms with E-state index in [9.17, 15) is 9.59 Å². The monoisotopic (exact) mass is 524 g/mol. The molecular weight excluding hydrogens is 488 g/mol. The third kappa shape index (κ3) is 9.71. The van der Waals surface area contributed by atoms with Gasteiger partial charge in [-0.05, 0) is 56.5 Å². The van der Waals surface area contributed by atoms with E-state index < -0.39 is 36.9 Å². The lowest BCUT2D eigenvalue weighted by Gasteiger charge is -2.08. The molecule has 36 heavy (non-hydrogen) atoms. The fraction of sp³-hybridized carbons (Fsp3) is 0.286. The van der Waals surface area contributed by atoms with Crippen molar-refractivity contribution < 1.29 is 29.1 Å². The quantitative estimate of drug-likeness (QED) is 0.161. The molecule has 0 amide bonds. The Hall–Kier alpha value is -3.37. The molecule has 0 saturated carbocycles. The Labute approximate surface area is 218 Å². The molecule has 8 heteroatoms. The topological polar surface area (TPSA) is 71.1 Å². The van der Waals surface area contributed by atoms with Crippen LogP contribution in [0.25, 0.3) is 0 Å². The van der Waals surface area contributed by atoms with Crippen LogP contribution >= 0.6 is 0 Å². The molecule has 0 radical (unpaired) electrons. The summed E-state index contributed by atoms with van der Waals surface area (Å²) in [6.07, 6.45) is 8.73. The normalized spacial score (nSPS) is 12.2. The van der Waals surface area contributed by atoms with Gasteiger partial charge in [-0.25, -0.2) is 29.1 Å². The predicted molar refractivity (Wildman–Crippen MR) is 149 cm³/mol. The van der Waals surface area contributed by atoms with Gasteiger partial charge < -0.3 is 0 Å². The maximum atomic E-state index is 12.2. The summed E-state index contributed by atoms with van der Waals surface area (Å²) in [5.41, 5.74) is 0.664. The highest BCUT2D eigenvalue weighted by atomic mass is 28.2. The number of allylic oxidation sites excluding steroid dienone is 4. The van der Waals surface area contributed by atoms with E-state index in [1.165, 1.54) is 20.8 Å². The summed E-state index contributed by atoms with van der Waals surface area (Å²) in [5, 5.41) is 5.47.